The second-order valence-corrected chi connectivity index (χ2v) is 6.13. The van der Waals surface area contributed by atoms with Crippen molar-refractivity contribution in [3.05, 3.63) is 77.4 Å². The Bertz CT molecular complexity index is 955. The van der Waals surface area contributed by atoms with E-state index in [1.807, 2.05) is 31.2 Å². The van der Waals surface area contributed by atoms with Crippen LogP contribution in [0.2, 0.25) is 0 Å². The van der Waals surface area contributed by atoms with Crippen molar-refractivity contribution in [2.75, 3.05) is 6.61 Å². The van der Waals surface area contributed by atoms with Crippen molar-refractivity contribution in [2.45, 2.75) is 13.3 Å². The summed E-state index contributed by atoms with van der Waals surface area (Å²) in [5, 5.41) is 2.39. The first-order valence-corrected chi connectivity index (χ1v) is 8.01. The molecule has 3 aromatic rings. The van der Waals surface area contributed by atoms with Gasteiger partial charge in [0.15, 0.2) is 0 Å². The molecular formula is C21H17NO2. The van der Waals surface area contributed by atoms with E-state index in [0.717, 1.165) is 23.4 Å². The molecule has 0 radical (unpaired) electrons. The molecule has 118 valence electrons. The fraction of sp³-hybridized carbons (Fsp3) is 0.143. The van der Waals surface area contributed by atoms with Crippen LogP contribution in [0, 0.1) is 6.92 Å². The molecule has 0 spiro atoms. The minimum absolute atomic E-state index is 0.234. The second-order valence-electron chi connectivity index (χ2n) is 6.13. The number of nitrogens with zero attached hydrogens (tertiary/aromatic N) is 1. The molecule has 0 aliphatic carbocycles. The highest BCUT2D eigenvalue weighted by Gasteiger charge is 2.17. The van der Waals surface area contributed by atoms with Crippen LogP contribution in [0.4, 0.5) is 5.69 Å². The molecule has 0 aromatic heterocycles. The van der Waals surface area contributed by atoms with E-state index in [1.165, 1.54) is 16.3 Å². The van der Waals surface area contributed by atoms with E-state index in [9.17, 15) is 4.79 Å². The molecule has 0 N–H and O–H groups in total. The number of ether oxygens (including phenoxy) is 1. The summed E-state index contributed by atoms with van der Waals surface area (Å²) in [5.41, 5.74) is 4.75. The fourth-order valence-corrected chi connectivity index (χ4v) is 2.96. The number of hydrogen-bond donors (Lipinski definition) is 0. The predicted molar refractivity (Wildman–Crippen MR) is 96.2 cm³/mol. The molecular weight excluding hydrogens is 298 g/mol. The van der Waals surface area contributed by atoms with Gasteiger partial charge in [0.1, 0.15) is 6.61 Å². The van der Waals surface area contributed by atoms with Crippen molar-refractivity contribution in [1.29, 1.82) is 0 Å². The molecule has 0 bridgehead atoms. The smallest absolute Gasteiger partial charge is 0.338 e. The summed E-state index contributed by atoms with van der Waals surface area (Å²) < 4.78 is 5.41. The maximum atomic E-state index is 12.1. The summed E-state index contributed by atoms with van der Waals surface area (Å²) in [4.78, 5) is 16.7. The van der Waals surface area contributed by atoms with Gasteiger partial charge in [-0.2, -0.15) is 0 Å². The Kier molecular flexibility index (Phi) is 3.62. The molecule has 0 unspecified atom stereocenters. The van der Waals surface area contributed by atoms with Gasteiger partial charge in [-0.3, -0.25) is 4.99 Å². The summed E-state index contributed by atoms with van der Waals surface area (Å²) in [6.07, 6.45) is 0.737. The lowest BCUT2D eigenvalue weighted by molar-refractivity contribution is 0.0562. The Morgan fingerprint density at radius 1 is 1.04 bits per heavy atom. The van der Waals surface area contributed by atoms with Gasteiger partial charge in [-0.25, -0.2) is 4.79 Å². The van der Waals surface area contributed by atoms with Crippen LogP contribution in [-0.4, -0.2) is 18.3 Å². The van der Waals surface area contributed by atoms with Crippen molar-refractivity contribution < 1.29 is 9.53 Å². The standard InChI is InChI=1S/C21H17NO2/c1-14-6-8-15(9-7-14)21(23)24-13-19-11-18-10-16-4-2-3-5-17(16)12-20(18)22-19/h2-10,12H,11,13H2,1H3. The number of carbonyl (C=O) groups is 1. The van der Waals surface area contributed by atoms with E-state index >= 15 is 0 Å². The lowest BCUT2D eigenvalue weighted by Gasteiger charge is -2.05. The van der Waals surface area contributed by atoms with Crippen LogP contribution in [0.5, 0.6) is 0 Å². The number of esters is 1. The first-order valence-electron chi connectivity index (χ1n) is 8.01. The molecule has 0 saturated carbocycles. The van der Waals surface area contributed by atoms with Crippen LogP contribution in [0.1, 0.15) is 21.5 Å². The normalized spacial score (nSPS) is 12.8. The van der Waals surface area contributed by atoms with Crippen molar-refractivity contribution in [3.63, 3.8) is 0 Å². The molecule has 3 aromatic carbocycles. The van der Waals surface area contributed by atoms with E-state index in [-0.39, 0.29) is 12.6 Å². The van der Waals surface area contributed by atoms with Crippen LogP contribution < -0.4 is 0 Å². The maximum absolute atomic E-state index is 12.1. The third-order valence-corrected chi connectivity index (χ3v) is 4.28. The van der Waals surface area contributed by atoms with Gasteiger partial charge >= 0.3 is 5.97 Å². The van der Waals surface area contributed by atoms with Gasteiger partial charge in [-0.1, -0.05) is 42.0 Å². The number of aliphatic imine (C=N–C) groups is 1. The van der Waals surface area contributed by atoms with Crippen molar-refractivity contribution in [1.82, 2.24) is 0 Å². The number of carbonyl (C=O) groups excluding carboxylic acids is 1. The van der Waals surface area contributed by atoms with Gasteiger partial charge in [0.05, 0.1) is 17.0 Å². The Morgan fingerprint density at radius 2 is 1.75 bits per heavy atom. The quantitative estimate of drug-likeness (QED) is 0.661. The molecule has 0 saturated heterocycles. The molecule has 1 heterocycles. The van der Waals surface area contributed by atoms with Crippen LogP contribution in [0.25, 0.3) is 10.8 Å². The summed E-state index contributed by atoms with van der Waals surface area (Å²) in [7, 11) is 0. The van der Waals surface area contributed by atoms with Gasteiger partial charge < -0.3 is 4.74 Å². The van der Waals surface area contributed by atoms with Crippen molar-refractivity contribution >= 4 is 28.1 Å². The van der Waals surface area contributed by atoms with Crippen LogP contribution in [0.15, 0.2) is 65.7 Å². The Hall–Kier alpha value is -2.94. The average molecular weight is 315 g/mol. The predicted octanol–water partition coefficient (Wildman–Crippen LogP) is 4.63. The van der Waals surface area contributed by atoms with E-state index < -0.39 is 0 Å². The van der Waals surface area contributed by atoms with Gasteiger partial charge in [-0.15, -0.1) is 0 Å². The molecule has 1 aliphatic heterocycles. The Balaban J connectivity index is 1.47. The van der Waals surface area contributed by atoms with Crippen LogP contribution in [-0.2, 0) is 11.2 Å². The van der Waals surface area contributed by atoms with E-state index in [2.05, 4.69) is 29.3 Å². The van der Waals surface area contributed by atoms with Crippen LogP contribution in [0.3, 0.4) is 0 Å². The second kappa shape index (κ2) is 5.93. The topological polar surface area (TPSA) is 38.7 Å². The lowest BCUT2D eigenvalue weighted by Crippen LogP contribution is -2.14. The lowest BCUT2D eigenvalue weighted by atomic mass is 10.0. The summed E-state index contributed by atoms with van der Waals surface area (Å²) in [6, 6.07) is 19.9. The minimum Gasteiger partial charge on any atom is -0.456 e. The molecule has 0 amide bonds. The van der Waals surface area contributed by atoms with Crippen molar-refractivity contribution in [2.24, 2.45) is 4.99 Å². The van der Waals surface area contributed by atoms with Crippen LogP contribution >= 0.6 is 0 Å². The number of fused-ring (bicyclic) bond motifs is 2. The zero-order valence-corrected chi connectivity index (χ0v) is 13.5. The van der Waals surface area contributed by atoms with E-state index in [4.69, 9.17) is 4.74 Å². The zero-order chi connectivity index (χ0) is 16.5. The highest BCUT2D eigenvalue weighted by Crippen LogP contribution is 2.31. The van der Waals surface area contributed by atoms with E-state index in [1.54, 1.807) is 12.1 Å². The molecule has 1 aliphatic rings. The Morgan fingerprint density at radius 3 is 2.50 bits per heavy atom. The summed E-state index contributed by atoms with van der Waals surface area (Å²) in [5.74, 6) is -0.307. The van der Waals surface area contributed by atoms with Crippen molar-refractivity contribution in [3.8, 4) is 0 Å². The first-order chi connectivity index (χ1) is 11.7. The largest absolute Gasteiger partial charge is 0.456 e. The number of aryl methyl sites for hydroxylation is 1. The molecule has 4 rings (SSSR count). The highest BCUT2D eigenvalue weighted by molar-refractivity contribution is 6.00. The third-order valence-electron chi connectivity index (χ3n) is 4.28. The van der Waals surface area contributed by atoms with Gasteiger partial charge in [0, 0.05) is 6.42 Å². The zero-order valence-electron chi connectivity index (χ0n) is 13.5. The van der Waals surface area contributed by atoms with E-state index in [0.29, 0.717) is 5.56 Å². The molecule has 3 heteroatoms. The third kappa shape index (κ3) is 2.81. The number of hydrogen-bond acceptors (Lipinski definition) is 3. The highest BCUT2D eigenvalue weighted by atomic mass is 16.5. The SMILES string of the molecule is Cc1ccc(C(=O)OCC2=Nc3cc4ccccc4cc3C2)cc1. The number of benzene rings is 3. The number of rotatable bonds is 3. The first kappa shape index (κ1) is 14.6. The fourth-order valence-electron chi connectivity index (χ4n) is 2.96. The Labute approximate surface area is 140 Å². The minimum atomic E-state index is -0.307. The molecule has 3 nitrogen and oxygen atoms in total. The van der Waals surface area contributed by atoms with Gasteiger partial charge in [0.2, 0.25) is 0 Å². The monoisotopic (exact) mass is 315 g/mol. The average Bonchev–Trinajstić information content (AvgIpc) is 3.00. The van der Waals surface area contributed by atoms with Gasteiger partial charge in [0.25, 0.3) is 0 Å². The maximum Gasteiger partial charge on any atom is 0.338 e. The summed E-state index contributed by atoms with van der Waals surface area (Å²) >= 11 is 0. The molecule has 24 heavy (non-hydrogen) atoms. The molecule has 0 atom stereocenters. The summed E-state index contributed by atoms with van der Waals surface area (Å²) in [6.45, 7) is 2.22. The van der Waals surface area contributed by atoms with Gasteiger partial charge in [-0.05, 0) is 47.5 Å². The molecule has 0 fully saturated rings.